The first-order valence-electron chi connectivity index (χ1n) is 9.25. The molecule has 1 heterocycles. The number of unbranched alkanes of at least 4 members (excludes halogenated alkanes) is 2. The first-order valence-corrected chi connectivity index (χ1v) is 10.5. The molecule has 0 atom stereocenters. The van der Waals surface area contributed by atoms with Crippen molar-refractivity contribution in [3.63, 3.8) is 0 Å². The Balaban J connectivity index is 1.59. The van der Waals surface area contributed by atoms with E-state index in [1.165, 1.54) is 17.0 Å². The molecule has 2 rings (SSSR count). The minimum Gasteiger partial charge on any atom is -0.450 e. The maximum absolute atomic E-state index is 11.2. The Labute approximate surface area is 156 Å². The van der Waals surface area contributed by atoms with Crippen LogP contribution in [0.4, 0.5) is 10.5 Å². The Morgan fingerprint density at radius 3 is 2.64 bits per heavy atom. The minimum absolute atomic E-state index is 0.302. The summed E-state index contributed by atoms with van der Waals surface area (Å²) in [5, 5.41) is 2.77. The number of ether oxygens (including phenoxy) is 1. The molecule has 6 heteroatoms. The maximum Gasteiger partial charge on any atom is 0.407 e. The zero-order valence-corrected chi connectivity index (χ0v) is 16.3. The van der Waals surface area contributed by atoms with Gasteiger partial charge in [0.1, 0.15) is 0 Å². The number of alkyl carbamates (subject to hydrolysis) is 1. The summed E-state index contributed by atoms with van der Waals surface area (Å²) in [5.74, 6) is 0. The summed E-state index contributed by atoms with van der Waals surface area (Å²) in [6.45, 7) is 8.56. The average Bonchev–Trinajstić information content (AvgIpc) is 2.65. The molecular weight excluding hydrogens is 334 g/mol. The fourth-order valence-electron chi connectivity index (χ4n) is 3.11. The number of hydrogen-bond acceptors (Lipinski definition) is 5. The molecule has 0 spiro atoms. The van der Waals surface area contributed by atoms with Gasteiger partial charge in [-0.15, -0.1) is 11.8 Å². The number of thioether (sulfide) groups is 1. The summed E-state index contributed by atoms with van der Waals surface area (Å²) in [5.41, 5.74) is 1.37. The molecule has 140 valence electrons. The van der Waals surface area contributed by atoms with Crippen molar-refractivity contribution in [3.8, 4) is 0 Å². The van der Waals surface area contributed by atoms with Gasteiger partial charge in [0.25, 0.3) is 0 Å². The number of para-hydroxylation sites is 1. The van der Waals surface area contributed by atoms with Gasteiger partial charge in [0.15, 0.2) is 0 Å². The Morgan fingerprint density at radius 1 is 1.16 bits per heavy atom. The highest BCUT2D eigenvalue weighted by molar-refractivity contribution is 7.98. The average molecular weight is 366 g/mol. The van der Waals surface area contributed by atoms with E-state index >= 15 is 0 Å². The molecule has 0 unspecified atom stereocenters. The van der Waals surface area contributed by atoms with E-state index in [-0.39, 0.29) is 6.09 Å². The van der Waals surface area contributed by atoms with Crippen LogP contribution in [0.5, 0.6) is 0 Å². The molecule has 0 saturated carbocycles. The fraction of sp³-hybridized carbons (Fsp3) is 0.632. The van der Waals surface area contributed by atoms with Crippen LogP contribution >= 0.6 is 11.8 Å². The van der Waals surface area contributed by atoms with Crippen molar-refractivity contribution in [2.24, 2.45) is 0 Å². The zero-order chi connectivity index (χ0) is 17.9. The predicted octanol–water partition coefficient (Wildman–Crippen LogP) is 3.45. The molecular formula is C19H31N3O2S. The fourth-order valence-corrected chi connectivity index (χ4v) is 3.73. The van der Waals surface area contributed by atoms with Gasteiger partial charge in [0.05, 0.1) is 12.3 Å². The van der Waals surface area contributed by atoms with Gasteiger partial charge in [0, 0.05) is 37.6 Å². The second kappa shape index (κ2) is 11.3. The molecule has 0 radical (unpaired) electrons. The zero-order valence-electron chi connectivity index (χ0n) is 15.5. The molecule has 1 aliphatic heterocycles. The highest BCUT2D eigenvalue weighted by atomic mass is 32.2. The highest BCUT2D eigenvalue weighted by Gasteiger charge is 2.18. The molecule has 1 fully saturated rings. The van der Waals surface area contributed by atoms with Crippen molar-refractivity contribution in [3.05, 3.63) is 24.3 Å². The molecule has 0 aromatic heterocycles. The quantitative estimate of drug-likeness (QED) is 0.536. The molecule has 1 amide bonds. The Kier molecular flexibility index (Phi) is 8.97. The van der Waals surface area contributed by atoms with Gasteiger partial charge in [-0.2, -0.15) is 0 Å². The van der Waals surface area contributed by atoms with Crippen molar-refractivity contribution in [2.45, 2.75) is 31.1 Å². The second-order valence-electron chi connectivity index (χ2n) is 6.21. The van der Waals surface area contributed by atoms with Crippen LogP contribution in [-0.2, 0) is 4.74 Å². The molecule has 1 aromatic rings. The van der Waals surface area contributed by atoms with Crippen LogP contribution in [0.15, 0.2) is 29.2 Å². The lowest BCUT2D eigenvalue weighted by Crippen LogP contribution is -2.46. The normalized spacial score (nSPS) is 15.2. The maximum atomic E-state index is 11.2. The number of hydrogen-bond donors (Lipinski definition) is 1. The van der Waals surface area contributed by atoms with E-state index in [4.69, 9.17) is 4.74 Å². The number of benzene rings is 1. The lowest BCUT2D eigenvalue weighted by atomic mass is 10.2. The topological polar surface area (TPSA) is 44.8 Å². The lowest BCUT2D eigenvalue weighted by molar-refractivity contribution is 0.152. The lowest BCUT2D eigenvalue weighted by Gasteiger charge is -2.36. The predicted molar refractivity (Wildman–Crippen MR) is 106 cm³/mol. The third-order valence-corrected chi connectivity index (χ3v) is 5.28. The van der Waals surface area contributed by atoms with Gasteiger partial charge in [-0.25, -0.2) is 4.79 Å². The monoisotopic (exact) mass is 365 g/mol. The largest absolute Gasteiger partial charge is 0.450 e. The van der Waals surface area contributed by atoms with Gasteiger partial charge in [0.2, 0.25) is 0 Å². The Bertz CT molecular complexity index is 519. The van der Waals surface area contributed by atoms with Gasteiger partial charge in [-0.05, 0) is 44.7 Å². The van der Waals surface area contributed by atoms with E-state index in [1.54, 1.807) is 0 Å². The van der Waals surface area contributed by atoms with Crippen LogP contribution < -0.4 is 10.2 Å². The molecule has 1 aliphatic rings. The summed E-state index contributed by atoms with van der Waals surface area (Å²) in [6, 6.07) is 8.68. The van der Waals surface area contributed by atoms with Crippen LogP contribution in [0.2, 0.25) is 0 Å². The molecule has 1 saturated heterocycles. The molecule has 0 aliphatic carbocycles. The summed E-state index contributed by atoms with van der Waals surface area (Å²) in [7, 11) is 0. The summed E-state index contributed by atoms with van der Waals surface area (Å²) in [6.07, 6.45) is 5.18. The van der Waals surface area contributed by atoms with Crippen LogP contribution in [-0.4, -0.2) is 63.1 Å². The number of nitrogens with one attached hydrogen (secondary N) is 1. The van der Waals surface area contributed by atoms with E-state index in [9.17, 15) is 4.79 Å². The van der Waals surface area contributed by atoms with Crippen molar-refractivity contribution in [1.82, 2.24) is 10.2 Å². The van der Waals surface area contributed by atoms with E-state index in [0.717, 1.165) is 45.6 Å². The van der Waals surface area contributed by atoms with E-state index < -0.39 is 0 Å². The number of nitrogens with zero attached hydrogens (tertiary/aromatic N) is 2. The number of carbonyl (C=O) groups excluding carboxylic acids is 1. The standard InChI is InChI=1S/C19H31N3O2S/c1-3-24-19(23)20-11-7-4-8-12-21-13-15-22(16-14-21)17-9-5-6-10-18(17)25-2/h5-6,9-10H,3-4,7-8,11-16H2,1-2H3,(H,20,23). The van der Waals surface area contributed by atoms with Gasteiger partial charge >= 0.3 is 6.09 Å². The minimum atomic E-state index is -0.302. The van der Waals surface area contributed by atoms with Crippen LogP contribution in [0.1, 0.15) is 26.2 Å². The molecule has 0 bridgehead atoms. The smallest absolute Gasteiger partial charge is 0.407 e. The van der Waals surface area contributed by atoms with Crippen molar-refractivity contribution < 1.29 is 9.53 Å². The molecule has 1 aromatic carbocycles. The van der Waals surface area contributed by atoms with Crippen LogP contribution in [0.25, 0.3) is 0 Å². The summed E-state index contributed by atoms with van der Waals surface area (Å²) in [4.78, 5) is 17.6. The number of amides is 1. The van der Waals surface area contributed by atoms with Gasteiger partial charge < -0.3 is 15.0 Å². The SMILES string of the molecule is CCOC(=O)NCCCCCN1CCN(c2ccccc2SC)CC1. The van der Waals surface area contributed by atoms with Crippen molar-refractivity contribution >= 4 is 23.5 Å². The van der Waals surface area contributed by atoms with Crippen molar-refractivity contribution in [2.75, 3.05) is 57.0 Å². The van der Waals surface area contributed by atoms with Gasteiger partial charge in [-0.1, -0.05) is 18.6 Å². The number of piperazine rings is 1. The summed E-state index contributed by atoms with van der Waals surface area (Å²) < 4.78 is 4.84. The molecule has 25 heavy (non-hydrogen) atoms. The summed E-state index contributed by atoms with van der Waals surface area (Å²) >= 11 is 1.82. The van der Waals surface area contributed by atoms with Crippen LogP contribution in [0, 0.1) is 0 Å². The third kappa shape index (κ3) is 6.78. The Hall–Kier alpha value is -1.40. The number of carbonyl (C=O) groups is 1. The van der Waals surface area contributed by atoms with E-state index in [0.29, 0.717) is 13.2 Å². The first kappa shape index (κ1) is 19.9. The first-order chi connectivity index (χ1) is 12.2. The van der Waals surface area contributed by atoms with E-state index in [2.05, 4.69) is 45.6 Å². The van der Waals surface area contributed by atoms with E-state index in [1.807, 2.05) is 18.7 Å². The highest BCUT2D eigenvalue weighted by Crippen LogP contribution is 2.28. The molecule has 5 nitrogen and oxygen atoms in total. The van der Waals surface area contributed by atoms with Crippen LogP contribution in [0.3, 0.4) is 0 Å². The number of rotatable bonds is 9. The third-order valence-electron chi connectivity index (χ3n) is 4.49. The second-order valence-corrected chi connectivity index (χ2v) is 7.06. The Morgan fingerprint density at radius 2 is 1.92 bits per heavy atom. The molecule has 1 N–H and O–H groups in total. The van der Waals surface area contributed by atoms with Gasteiger partial charge in [-0.3, -0.25) is 4.90 Å². The number of anilines is 1. The van der Waals surface area contributed by atoms with Crippen molar-refractivity contribution in [1.29, 1.82) is 0 Å².